The number of amidine groups is 1. The van der Waals surface area contributed by atoms with Crippen LogP contribution in [0.15, 0.2) is 53.5 Å². The van der Waals surface area contributed by atoms with Gasteiger partial charge in [0, 0.05) is 18.2 Å². The summed E-state index contributed by atoms with van der Waals surface area (Å²) in [7, 11) is 0. The largest absolute Gasteiger partial charge is 0.364 e. The maximum atomic E-state index is 4.50. The van der Waals surface area contributed by atoms with Crippen LogP contribution in [0.2, 0.25) is 0 Å². The van der Waals surface area contributed by atoms with Gasteiger partial charge < -0.3 is 5.32 Å². The second-order valence-electron chi connectivity index (χ2n) is 5.67. The average molecular weight is 310 g/mol. The van der Waals surface area contributed by atoms with Crippen molar-refractivity contribution < 1.29 is 0 Å². The molecule has 1 heterocycles. The zero-order valence-electron chi connectivity index (χ0n) is 13.2. The fraction of sp³-hybridized carbons (Fsp3) is 0.316. The van der Waals surface area contributed by atoms with Gasteiger partial charge in [-0.3, -0.25) is 4.99 Å². The van der Waals surface area contributed by atoms with Crippen LogP contribution < -0.4 is 5.32 Å². The summed E-state index contributed by atoms with van der Waals surface area (Å²) in [6.45, 7) is 6.24. The molecule has 0 fully saturated rings. The topological polar surface area (TPSA) is 24.4 Å². The van der Waals surface area contributed by atoms with E-state index in [1.165, 1.54) is 22.3 Å². The van der Waals surface area contributed by atoms with E-state index < -0.39 is 0 Å². The van der Waals surface area contributed by atoms with Crippen molar-refractivity contribution in [3.8, 4) is 0 Å². The molecule has 0 radical (unpaired) electrons. The van der Waals surface area contributed by atoms with Gasteiger partial charge in [0.25, 0.3) is 0 Å². The van der Waals surface area contributed by atoms with Crippen molar-refractivity contribution in [1.29, 1.82) is 0 Å². The summed E-state index contributed by atoms with van der Waals surface area (Å²) in [5.41, 5.74) is 5.50. The van der Waals surface area contributed by atoms with E-state index >= 15 is 0 Å². The van der Waals surface area contributed by atoms with E-state index in [0.717, 1.165) is 24.0 Å². The minimum atomic E-state index is 0.352. The van der Waals surface area contributed by atoms with Gasteiger partial charge >= 0.3 is 0 Å². The van der Waals surface area contributed by atoms with Crippen molar-refractivity contribution in [2.24, 2.45) is 4.99 Å². The normalized spacial score (nSPS) is 15.5. The van der Waals surface area contributed by atoms with Crippen LogP contribution in [0.1, 0.15) is 28.2 Å². The molecule has 0 saturated heterocycles. The Bertz CT molecular complexity index is 664. The third kappa shape index (κ3) is 3.36. The van der Waals surface area contributed by atoms with Crippen molar-refractivity contribution in [2.45, 2.75) is 19.8 Å². The minimum Gasteiger partial charge on any atom is -0.364 e. The highest BCUT2D eigenvalue weighted by Crippen LogP contribution is 2.28. The molecule has 22 heavy (non-hydrogen) atoms. The monoisotopic (exact) mass is 310 g/mol. The molecule has 3 rings (SSSR count). The van der Waals surface area contributed by atoms with Crippen LogP contribution in [0, 0.1) is 13.8 Å². The number of rotatable bonds is 4. The predicted octanol–water partition coefficient (Wildman–Crippen LogP) is 4.13. The van der Waals surface area contributed by atoms with Gasteiger partial charge in [0.2, 0.25) is 0 Å². The third-order valence-corrected chi connectivity index (χ3v) is 5.20. The van der Waals surface area contributed by atoms with E-state index in [-0.39, 0.29) is 0 Å². The molecule has 1 unspecified atom stereocenters. The maximum absolute atomic E-state index is 4.50. The Labute approximate surface area is 137 Å². The number of nitrogens with zero attached hydrogens (tertiary/aromatic N) is 1. The van der Waals surface area contributed by atoms with Gasteiger partial charge in [-0.2, -0.15) is 0 Å². The van der Waals surface area contributed by atoms with E-state index in [4.69, 9.17) is 0 Å². The SMILES string of the molecule is Cc1cccc(C(CNC2=NCCS2)c2ccccc2)c1C. The number of thioether (sulfide) groups is 1. The molecule has 3 heteroatoms. The van der Waals surface area contributed by atoms with E-state index in [1.54, 1.807) is 0 Å². The van der Waals surface area contributed by atoms with Crippen LogP contribution >= 0.6 is 11.8 Å². The molecule has 2 nitrogen and oxygen atoms in total. The minimum absolute atomic E-state index is 0.352. The molecule has 0 saturated carbocycles. The first-order chi connectivity index (χ1) is 10.8. The van der Waals surface area contributed by atoms with Crippen LogP contribution in [0.4, 0.5) is 0 Å². The fourth-order valence-electron chi connectivity index (χ4n) is 2.88. The first-order valence-corrected chi connectivity index (χ1v) is 8.76. The van der Waals surface area contributed by atoms with Gasteiger partial charge in [0.1, 0.15) is 0 Å². The number of aliphatic imine (C=N–C) groups is 1. The van der Waals surface area contributed by atoms with Crippen molar-refractivity contribution >= 4 is 16.9 Å². The first kappa shape index (κ1) is 15.2. The molecule has 0 aromatic heterocycles. The Kier molecular flexibility index (Phi) is 4.84. The number of nitrogens with one attached hydrogen (secondary N) is 1. The molecule has 2 aromatic rings. The molecule has 0 bridgehead atoms. The van der Waals surface area contributed by atoms with E-state index in [1.807, 2.05) is 11.8 Å². The summed E-state index contributed by atoms with van der Waals surface area (Å²) in [5.74, 6) is 1.45. The number of benzene rings is 2. The van der Waals surface area contributed by atoms with Gasteiger partial charge in [-0.25, -0.2) is 0 Å². The van der Waals surface area contributed by atoms with E-state index in [2.05, 4.69) is 72.7 Å². The van der Waals surface area contributed by atoms with Crippen molar-refractivity contribution in [3.63, 3.8) is 0 Å². The molecule has 0 aliphatic carbocycles. The summed E-state index contributed by atoms with van der Waals surface area (Å²) < 4.78 is 0. The standard InChI is InChI=1S/C19H22N2S/c1-14-7-6-10-17(15(14)2)18(16-8-4-3-5-9-16)13-21-19-20-11-12-22-19/h3-10,18H,11-13H2,1-2H3,(H,20,21). The van der Waals surface area contributed by atoms with Crippen molar-refractivity contribution in [3.05, 3.63) is 70.8 Å². The molecular formula is C19H22N2S. The highest BCUT2D eigenvalue weighted by Gasteiger charge is 2.18. The second kappa shape index (κ2) is 7.01. The summed E-state index contributed by atoms with van der Waals surface area (Å²) in [6, 6.07) is 17.4. The van der Waals surface area contributed by atoms with Gasteiger partial charge in [0.15, 0.2) is 5.17 Å². The Morgan fingerprint density at radius 3 is 2.64 bits per heavy atom. The first-order valence-electron chi connectivity index (χ1n) is 7.78. The van der Waals surface area contributed by atoms with Gasteiger partial charge in [-0.1, -0.05) is 60.3 Å². The number of aryl methyl sites for hydroxylation is 1. The lowest BCUT2D eigenvalue weighted by atomic mass is 9.87. The zero-order chi connectivity index (χ0) is 15.4. The van der Waals surface area contributed by atoms with E-state index in [0.29, 0.717) is 5.92 Å². The van der Waals surface area contributed by atoms with Gasteiger partial charge in [-0.15, -0.1) is 0 Å². The van der Waals surface area contributed by atoms with Crippen molar-refractivity contribution in [1.82, 2.24) is 5.32 Å². The molecular weight excluding hydrogens is 288 g/mol. The fourth-order valence-corrected chi connectivity index (χ4v) is 3.62. The van der Waals surface area contributed by atoms with Gasteiger partial charge in [-0.05, 0) is 36.1 Å². The highest BCUT2D eigenvalue weighted by atomic mass is 32.2. The summed E-state index contributed by atoms with van der Waals surface area (Å²) >= 11 is 1.82. The van der Waals surface area contributed by atoms with Gasteiger partial charge in [0.05, 0.1) is 6.54 Å². The molecule has 1 N–H and O–H groups in total. The van der Waals surface area contributed by atoms with Crippen LogP contribution in [-0.4, -0.2) is 24.0 Å². The number of hydrogen-bond acceptors (Lipinski definition) is 3. The zero-order valence-corrected chi connectivity index (χ0v) is 14.0. The summed E-state index contributed by atoms with van der Waals surface area (Å²) in [5, 5.41) is 4.63. The maximum Gasteiger partial charge on any atom is 0.156 e. The summed E-state index contributed by atoms with van der Waals surface area (Å²) in [6.07, 6.45) is 0. The Morgan fingerprint density at radius 1 is 1.09 bits per heavy atom. The molecule has 1 aliphatic heterocycles. The molecule has 2 aromatic carbocycles. The van der Waals surface area contributed by atoms with Crippen LogP contribution in [0.25, 0.3) is 0 Å². The Hall–Kier alpha value is -1.74. The van der Waals surface area contributed by atoms with Crippen LogP contribution in [-0.2, 0) is 0 Å². The Morgan fingerprint density at radius 2 is 1.91 bits per heavy atom. The molecule has 1 atom stereocenters. The predicted molar refractivity (Wildman–Crippen MR) is 97.0 cm³/mol. The summed E-state index contributed by atoms with van der Waals surface area (Å²) in [4.78, 5) is 4.50. The van der Waals surface area contributed by atoms with Crippen molar-refractivity contribution in [2.75, 3.05) is 18.8 Å². The molecule has 0 spiro atoms. The smallest absolute Gasteiger partial charge is 0.156 e. The lowest BCUT2D eigenvalue weighted by molar-refractivity contribution is 0.755. The quantitative estimate of drug-likeness (QED) is 0.918. The second-order valence-corrected chi connectivity index (χ2v) is 6.75. The third-order valence-electron chi connectivity index (χ3n) is 4.27. The van der Waals surface area contributed by atoms with E-state index in [9.17, 15) is 0 Å². The molecule has 0 amide bonds. The highest BCUT2D eigenvalue weighted by molar-refractivity contribution is 8.14. The number of hydrogen-bond donors (Lipinski definition) is 1. The van der Waals surface area contributed by atoms with Crippen LogP contribution in [0.5, 0.6) is 0 Å². The lowest BCUT2D eigenvalue weighted by Gasteiger charge is -2.22. The molecule has 114 valence electrons. The van der Waals surface area contributed by atoms with Crippen LogP contribution in [0.3, 0.4) is 0 Å². The Balaban J connectivity index is 1.90. The lowest BCUT2D eigenvalue weighted by Crippen LogP contribution is -2.26. The molecule has 1 aliphatic rings. The average Bonchev–Trinajstić information content (AvgIpc) is 3.06.